The van der Waals surface area contributed by atoms with Crippen LogP contribution in [0.3, 0.4) is 0 Å². The molecule has 3 rings (SSSR count). The smallest absolute Gasteiger partial charge is 0.387 e. The summed E-state index contributed by atoms with van der Waals surface area (Å²) in [5.74, 6) is -0.112. The molecule has 2 heterocycles. The molecule has 0 bridgehead atoms. The van der Waals surface area contributed by atoms with Crippen molar-refractivity contribution in [3.63, 3.8) is 0 Å². The van der Waals surface area contributed by atoms with Gasteiger partial charge in [0.1, 0.15) is 18.0 Å². The lowest BCUT2D eigenvalue weighted by atomic mass is 9.96. The summed E-state index contributed by atoms with van der Waals surface area (Å²) in [6.07, 6.45) is -3.29. The fourth-order valence-corrected chi connectivity index (χ4v) is 3.05. The van der Waals surface area contributed by atoms with Crippen LogP contribution in [-0.2, 0) is 0 Å². The number of alkyl halides is 3. The van der Waals surface area contributed by atoms with Crippen molar-refractivity contribution in [1.29, 1.82) is 0 Å². The molecule has 0 saturated carbocycles. The maximum Gasteiger partial charge on any atom is 0.391 e. The molecule has 140 valence electrons. The highest BCUT2D eigenvalue weighted by atomic mass is 19.4. The summed E-state index contributed by atoms with van der Waals surface area (Å²) < 4.78 is 38.3. The van der Waals surface area contributed by atoms with Crippen LogP contribution < -0.4 is 10.2 Å². The Morgan fingerprint density at radius 3 is 2.50 bits per heavy atom. The van der Waals surface area contributed by atoms with Gasteiger partial charge < -0.3 is 15.3 Å². The summed E-state index contributed by atoms with van der Waals surface area (Å²) in [7, 11) is 0. The molecule has 0 spiro atoms. The van der Waals surface area contributed by atoms with Gasteiger partial charge in [-0.2, -0.15) is 13.2 Å². The molecular weight excluding hydrogens is 345 g/mol. The van der Waals surface area contributed by atoms with E-state index in [2.05, 4.69) is 15.3 Å². The fourth-order valence-electron chi connectivity index (χ4n) is 3.05. The second-order valence-electron chi connectivity index (χ2n) is 6.37. The summed E-state index contributed by atoms with van der Waals surface area (Å²) >= 11 is 0. The standard InChI is InChI=1S/C18H21F3N4O/c19-18(20,21)14-6-8-25(9-7-14)17-10-16(23-12-24-17)22-11-15(26)13-4-2-1-3-5-13/h1-5,10,12,14-15,26H,6-9,11H2,(H,22,23,24)/t15-/m0/s1. The van der Waals surface area contributed by atoms with Gasteiger partial charge in [0.2, 0.25) is 0 Å². The van der Waals surface area contributed by atoms with Gasteiger partial charge in [0.05, 0.1) is 12.0 Å². The molecule has 1 aromatic carbocycles. The van der Waals surface area contributed by atoms with Crippen LogP contribution in [0.4, 0.5) is 24.8 Å². The highest BCUT2D eigenvalue weighted by Crippen LogP contribution is 2.35. The van der Waals surface area contributed by atoms with Gasteiger partial charge >= 0.3 is 6.18 Å². The Morgan fingerprint density at radius 1 is 1.15 bits per heavy atom. The van der Waals surface area contributed by atoms with Crippen molar-refractivity contribution in [1.82, 2.24) is 9.97 Å². The summed E-state index contributed by atoms with van der Waals surface area (Å²) in [6, 6.07) is 11.0. The van der Waals surface area contributed by atoms with E-state index in [1.165, 1.54) is 6.33 Å². The number of aliphatic hydroxyl groups is 1. The third-order valence-electron chi connectivity index (χ3n) is 4.60. The number of halogens is 3. The zero-order valence-electron chi connectivity index (χ0n) is 14.2. The third-order valence-corrected chi connectivity index (χ3v) is 4.60. The van der Waals surface area contributed by atoms with Crippen LogP contribution in [0.2, 0.25) is 0 Å². The second kappa shape index (κ2) is 7.90. The van der Waals surface area contributed by atoms with Crippen LogP contribution in [0.25, 0.3) is 0 Å². The van der Waals surface area contributed by atoms with E-state index in [0.717, 1.165) is 5.56 Å². The minimum absolute atomic E-state index is 0.0724. The molecule has 1 aliphatic rings. The van der Waals surface area contributed by atoms with E-state index >= 15 is 0 Å². The Morgan fingerprint density at radius 2 is 1.85 bits per heavy atom. The minimum atomic E-state index is -4.13. The number of rotatable bonds is 5. The summed E-state index contributed by atoms with van der Waals surface area (Å²) in [4.78, 5) is 10.1. The molecule has 1 atom stereocenters. The molecule has 2 aromatic rings. The lowest BCUT2D eigenvalue weighted by Crippen LogP contribution is -2.39. The number of hydrogen-bond donors (Lipinski definition) is 2. The van der Waals surface area contributed by atoms with E-state index in [1.807, 2.05) is 35.2 Å². The summed E-state index contributed by atoms with van der Waals surface area (Å²) in [5.41, 5.74) is 0.795. The molecule has 0 radical (unpaired) electrons. The number of aromatic nitrogens is 2. The number of anilines is 2. The minimum Gasteiger partial charge on any atom is -0.387 e. The molecule has 1 saturated heterocycles. The van der Waals surface area contributed by atoms with Crippen LogP contribution in [0, 0.1) is 5.92 Å². The molecule has 1 fully saturated rings. The predicted octanol–water partition coefficient (Wildman–Crippen LogP) is 3.40. The van der Waals surface area contributed by atoms with Gasteiger partial charge in [0, 0.05) is 25.7 Å². The molecule has 0 amide bonds. The number of nitrogens with zero attached hydrogens (tertiary/aromatic N) is 3. The van der Waals surface area contributed by atoms with Crippen molar-refractivity contribution in [2.45, 2.75) is 25.1 Å². The van der Waals surface area contributed by atoms with E-state index in [-0.39, 0.29) is 19.4 Å². The lowest BCUT2D eigenvalue weighted by molar-refractivity contribution is -0.179. The molecule has 0 unspecified atom stereocenters. The van der Waals surface area contributed by atoms with Crippen molar-refractivity contribution in [2.75, 3.05) is 29.9 Å². The molecule has 1 aliphatic heterocycles. The highest BCUT2D eigenvalue weighted by Gasteiger charge is 2.41. The first-order valence-electron chi connectivity index (χ1n) is 8.54. The first-order chi connectivity index (χ1) is 12.4. The maximum absolute atomic E-state index is 12.8. The highest BCUT2D eigenvalue weighted by molar-refractivity contribution is 5.48. The van der Waals surface area contributed by atoms with Gasteiger partial charge in [-0.3, -0.25) is 0 Å². The van der Waals surface area contributed by atoms with Crippen LogP contribution in [-0.4, -0.2) is 40.9 Å². The normalized spacial score (nSPS) is 17.2. The van der Waals surface area contributed by atoms with E-state index in [0.29, 0.717) is 24.7 Å². The number of hydrogen-bond acceptors (Lipinski definition) is 5. The van der Waals surface area contributed by atoms with Gasteiger partial charge in [-0.05, 0) is 18.4 Å². The number of benzene rings is 1. The molecule has 2 N–H and O–H groups in total. The predicted molar refractivity (Wildman–Crippen MR) is 92.9 cm³/mol. The average Bonchev–Trinajstić information content (AvgIpc) is 2.66. The maximum atomic E-state index is 12.8. The van der Waals surface area contributed by atoms with Gasteiger partial charge in [0.25, 0.3) is 0 Å². The largest absolute Gasteiger partial charge is 0.391 e. The van der Waals surface area contributed by atoms with Gasteiger partial charge in [-0.25, -0.2) is 9.97 Å². The second-order valence-corrected chi connectivity index (χ2v) is 6.37. The van der Waals surface area contributed by atoms with E-state index < -0.39 is 18.2 Å². The van der Waals surface area contributed by atoms with Crippen LogP contribution in [0.1, 0.15) is 24.5 Å². The van der Waals surface area contributed by atoms with Crippen LogP contribution in [0.5, 0.6) is 0 Å². The Labute approximate surface area is 149 Å². The zero-order chi connectivity index (χ0) is 18.6. The summed E-state index contributed by atoms with van der Waals surface area (Å²) in [6.45, 7) is 0.900. The molecule has 26 heavy (non-hydrogen) atoms. The van der Waals surface area contributed by atoms with Gasteiger partial charge in [-0.1, -0.05) is 30.3 Å². The third kappa shape index (κ3) is 4.63. The number of aliphatic hydroxyl groups excluding tert-OH is 1. The quantitative estimate of drug-likeness (QED) is 0.849. The molecule has 0 aliphatic carbocycles. The topological polar surface area (TPSA) is 61.3 Å². The first-order valence-corrected chi connectivity index (χ1v) is 8.54. The Hall–Kier alpha value is -2.35. The molecule has 5 nitrogen and oxygen atoms in total. The van der Waals surface area contributed by atoms with Crippen molar-refractivity contribution in [2.24, 2.45) is 5.92 Å². The molecule has 1 aromatic heterocycles. The Balaban J connectivity index is 1.57. The van der Waals surface area contributed by atoms with Crippen LogP contribution >= 0.6 is 0 Å². The molecular formula is C18H21F3N4O. The first kappa shape index (κ1) is 18.4. The van der Waals surface area contributed by atoms with Crippen molar-refractivity contribution in [3.8, 4) is 0 Å². The van der Waals surface area contributed by atoms with E-state index in [4.69, 9.17) is 0 Å². The van der Waals surface area contributed by atoms with Crippen molar-refractivity contribution in [3.05, 3.63) is 48.3 Å². The van der Waals surface area contributed by atoms with Crippen molar-refractivity contribution < 1.29 is 18.3 Å². The van der Waals surface area contributed by atoms with E-state index in [1.54, 1.807) is 6.07 Å². The SMILES string of the molecule is O[C@@H](CNc1cc(N2CCC(C(F)(F)F)CC2)ncn1)c1ccccc1. The van der Waals surface area contributed by atoms with Gasteiger partial charge in [0.15, 0.2) is 0 Å². The Kier molecular flexibility index (Phi) is 5.61. The number of piperidine rings is 1. The Bertz CT molecular complexity index is 703. The van der Waals surface area contributed by atoms with E-state index in [9.17, 15) is 18.3 Å². The van der Waals surface area contributed by atoms with Crippen molar-refractivity contribution >= 4 is 11.6 Å². The summed E-state index contributed by atoms with van der Waals surface area (Å²) in [5, 5.41) is 13.2. The zero-order valence-corrected chi connectivity index (χ0v) is 14.2. The average molecular weight is 366 g/mol. The van der Waals surface area contributed by atoms with Crippen LogP contribution in [0.15, 0.2) is 42.7 Å². The monoisotopic (exact) mass is 366 g/mol. The van der Waals surface area contributed by atoms with Gasteiger partial charge in [-0.15, -0.1) is 0 Å². The fraction of sp³-hybridized carbons (Fsp3) is 0.444. The molecule has 8 heteroatoms. The number of nitrogens with one attached hydrogen (secondary N) is 1. The lowest BCUT2D eigenvalue weighted by Gasteiger charge is -2.33.